The molecule has 2 heterocycles. The number of aryl methyl sites for hydroxylation is 3. The van der Waals surface area contributed by atoms with Gasteiger partial charge in [-0.15, -0.1) is 0 Å². The number of aromatic nitrogens is 2. The lowest BCUT2D eigenvalue weighted by Crippen LogP contribution is -2.24. The smallest absolute Gasteiger partial charge is 0.251 e. The zero-order chi connectivity index (χ0) is 21.3. The van der Waals surface area contributed by atoms with E-state index in [0.29, 0.717) is 5.82 Å². The quantitative estimate of drug-likeness (QED) is 0.637. The van der Waals surface area contributed by atoms with Gasteiger partial charge in [0.2, 0.25) is 5.91 Å². The third kappa shape index (κ3) is 3.61. The number of carbonyl (C=O) groups is 2. The molecule has 3 aromatic rings. The number of fused-ring (bicyclic) bond motifs is 1. The Balaban J connectivity index is 1.61. The average molecular weight is 402 g/mol. The fraction of sp³-hybridized carbons (Fsp3) is 0.292. The van der Waals surface area contributed by atoms with Crippen molar-refractivity contribution in [2.24, 2.45) is 0 Å². The predicted octanol–water partition coefficient (Wildman–Crippen LogP) is 4.51. The lowest BCUT2D eigenvalue weighted by molar-refractivity contribution is -0.123. The summed E-state index contributed by atoms with van der Waals surface area (Å²) in [7, 11) is 0. The second-order valence-electron chi connectivity index (χ2n) is 7.60. The van der Waals surface area contributed by atoms with E-state index in [1.165, 1.54) is 5.56 Å². The number of anilines is 2. The molecule has 0 saturated carbocycles. The van der Waals surface area contributed by atoms with Gasteiger partial charge in [-0.25, -0.2) is 4.68 Å². The van der Waals surface area contributed by atoms with Crippen LogP contribution in [-0.2, 0) is 22.4 Å². The summed E-state index contributed by atoms with van der Waals surface area (Å²) in [4.78, 5) is 25.4. The zero-order valence-corrected chi connectivity index (χ0v) is 17.5. The lowest BCUT2D eigenvalue weighted by Gasteiger charge is -2.12. The van der Waals surface area contributed by atoms with Gasteiger partial charge in [0, 0.05) is 11.3 Å². The molecule has 154 valence electrons. The highest BCUT2D eigenvalue weighted by Crippen LogP contribution is 2.39. The largest absolute Gasteiger partial charge is 0.326 e. The van der Waals surface area contributed by atoms with Crippen molar-refractivity contribution in [1.29, 1.82) is 0 Å². The van der Waals surface area contributed by atoms with Gasteiger partial charge in [-0.3, -0.25) is 9.59 Å². The Hall–Kier alpha value is -3.41. The Morgan fingerprint density at radius 2 is 1.83 bits per heavy atom. The van der Waals surface area contributed by atoms with Crippen molar-refractivity contribution < 1.29 is 9.59 Å². The summed E-state index contributed by atoms with van der Waals surface area (Å²) in [5, 5.41) is 10.6. The minimum atomic E-state index is -0.654. The van der Waals surface area contributed by atoms with Gasteiger partial charge in [-0.05, 0) is 37.0 Å². The Kier molecular flexibility index (Phi) is 5.40. The molecule has 0 spiro atoms. The van der Waals surface area contributed by atoms with Crippen LogP contribution < -0.4 is 10.6 Å². The molecule has 30 heavy (non-hydrogen) atoms. The third-order valence-electron chi connectivity index (χ3n) is 5.55. The first-order valence-corrected chi connectivity index (χ1v) is 10.4. The molecule has 2 amide bonds. The molecule has 2 aromatic carbocycles. The van der Waals surface area contributed by atoms with Crippen molar-refractivity contribution in [3.63, 3.8) is 0 Å². The Labute approximate surface area is 176 Å². The molecule has 2 N–H and O–H groups in total. The van der Waals surface area contributed by atoms with E-state index in [0.717, 1.165) is 40.9 Å². The van der Waals surface area contributed by atoms with Gasteiger partial charge in [0.05, 0.1) is 12.1 Å². The van der Waals surface area contributed by atoms with Crippen LogP contribution in [0, 0.1) is 6.92 Å². The van der Waals surface area contributed by atoms with Crippen molar-refractivity contribution in [1.82, 2.24) is 9.78 Å². The number of carbonyl (C=O) groups excluding carboxylic acids is 2. The number of para-hydroxylation sites is 1. The molecule has 1 unspecified atom stereocenters. The van der Waals surface area contributed by atoms with E-state index in [1.807, 2.05) is 69.3 Å². The number of nitrogens with one attached hydrogen (secondary N) is 2. The number of hydrogen-bond acceptors (Lipinski definition) is 3. The summed E-state index contributed by atoms with van der Waals surface area (Å²) in [6.45, 7) is 6.13. The number of benzene rings is 2. The summed E-state index contributed by atoms with van der Waals surface area (Å²) in [6, 6.07) is 15.2. The number of amides is 2. The van der Waals surface area contributed by atoms with Crippen LogP contribution >= 0.6 is 0 Å². The maximum atomic E-state index is 12.7. The van der Waals surface area contributed by atoms with Crippen molar-refractivity contribution in [3.8, 4) is 11.1 Å². The van der Waals surface area contributed by atoms with Gasteiger partial charge in [-0.1, -0.05) is 61.9 Å². The zero-order valence-electron chi connectivity index (χ0n) is 17.5. The summed E-state index contributed by atoms with van der Waals surface area (Å²) >= 11 is 0. The maximum Gasteiger partial charge on any atom is 0.251 e. The van der Waals surface area contributed by atoms with Crippen LogP contribution in [0.1, 0.15) is 43.1 Å². The molecule has 0 bridgehead atoms. The second kappa shape index (κ2) is 8.14. The maximum absolute atomic E-state index is 12.7. The van der Waals surface area contributed by atoms with Crippen molar-refractivity contribution >= 4 is 23.3 Å². The highest BCUT2D eigenvalue weighted by molar-refractivity contribution is 6.04. The van der Waals surface area contributed by atoms with E-state index in [9.17, 15) is 9.59 Å². The van der Waals surface area contributed by atoms with E-state index < -0.39 is 6.04 Å². The van der Waals surface area contributed by atoms with Gasteiger partial charge in [-0.2, -0.15) is 5.10 Å². The average Bonchev–Trinajstić information content (AvgIpc) is 3.24. The molecule has 1 atom stereocenters. The van der Waals surface area contributed by atoms with Crippen LogP contribution in [-0.4, -0.2) is 21.6 Å². The van der Waals surface area contributed by atoms with E-state index in [2.05, 4.69) is 15.7 Å². The predicted molar refractivity (Wildman–Crippen MR) is 119 cm³/mol. The van der Waals surface area contributed by atoms with Crippen LogP contribution in [0.15, 0.2) is 48.5 Å². The molecule has 6 heteroatoms. The van der Waals surface area contributed by atoms with Crippen LogP contribution in [0.3, 0.4) is 0 Å². The molecule has 1 aromatic heterocycles. The molecule has 0 fully saturated rings. The summed E-state index contributed by atoms with van der Waals surface area (Å²) in [6.07, 6.45) is 1.60. The molecule has 0 aliphatic carbocycles. The highest BCUT2D eigenvalue weighted by Gasteiger charge is 2.36. The van der Waals surface area contributed by atoms with Gasteiger partial charge < -0.3 is 10.6 Å². The van der Waals surface area contributed by atoms with E-state index in [4.69, 9.17) is 0 Å². The van der Waals surface area contributed by atoms with Crippen LogP contribution in [0.5, 0.6) is 0 Å². The number of rotatable bonds is 6. The molecule has 1 aliphatic heterocycles. The fourth-order valence-corrected chi connectivity index (χ4v) is 3.92. The van der Waals surface area contributed by atoms with Crippen LogP contribution in [0.25, 0.3) is 11.1 Å². The van der Waals surface area contributed by atoms with Crippen LogP contribution in [0.2, 0.25) is 0 Å². The second-order valence-corrected chi connectivity index (χ2v) is 7.60. The van der Waals surface area contributed by atoms with Gasteiger partial charge in [0.15, 0.2) is 0 Å². The minimum Gasteiger partial charge on any atom is -0.326 e. The lowest BCUT2D eigenvalue weighted by atomic mass is 10.0. The minimum absolute atomic E-state index is 0.0368. The van der Waals surface area contributed by atoms with Crippen molar-refractivity contribution in [2.45, 2.75) is 46.1 Å². The summed E-state index contributed by atoms with van der Waals surface area (Å²) in [5.74, 6) is 0.272. The first kappa shape index (κ1) is 19.9. The van der Waals surface area contributed by atoms with Crippen LogP contribution in [0.4, 0.5) is 11.5 Å². The van der Waals surface area contributed by atoms with Gasteiger partial charge in [0.1, 0.15) is 11.9 Å². The molecular weight excluding hydrogens is 376 g/mol. The molecule has 4 rings (SSSR count). The Morgan fingerprint density at radius 3 is 2.53 bits per heavy atom. The molecule has 0 saturated heterocycles. The Morgan fingerprint density at radius 1 is 1.10 bits per heavy atom. The molecule has 6 nitrogen and oxygen atoms in total. The van der Waals surface area contributed by atoms with E-state index in [1.54, 1.807) is 4.68 Å². The van der Waals surface area contributed by atoms with E-state index in [-0.39, 0.29) is 18.2 Å². The Bertz CT molecular complexity index is 1100. The van der Waals surface area contributed by atoms with Crippen molar-refractivity contribution in [2.75, 3.05) is 10.6 Å². The monoisotopic (exact) mass is 402 g/mol. The van der Waals surface area contributed by atoms with Gasteiger partial charge >= 0.3 is 0 Å². The number of hydrogen-bond donors (Lipinski definition) is 2. The summed E-state index contributed by atoms with van der Waals surface area (Å²) < 4.78 is 1.68. The fourth-order valence-electron chi connectivity index (χ4n) is 3.92. The highest BCUT2D eigenvalue weighted by atomic mass is 16.2. The first-order valence-electron chi connectivity index (χ1n) is 10.4. The van der Waals surface area contributed by atoms with Crippen molar-refractivity contribution in [3.05, 3.63) is 65.4 Å². The molecule has 1 aliphatic rings. The molecular formula is C24H26N4O2. The van der Waals surface area contributed by atoms with Gasteiger partial charge in [0.25, 0.3) is 5.91 Å². The topological polar surface area (TPSA) is 76.0 Å². The standard InChI is InChI=1S/C24H26N4O2/c1-4-16-8-6-7-9-19(16)25-21(29)14-20-24(30)26-23-22(18(5-2)27-28(20)23)17-12-10-15(3)11-13-17/h6-13,20H,4-5,14H2,1-3H3,(H,25,29)(H,26,30). The molecule has 0 radical (unpaired) electrons. The normalized spacial score (nSPS) is 15.0. The SMILES string of the molecule is CCc1ccccc1NC(=O)CC1C(=O)Nc2c(-c3ccc(C)cc3)c(CC)nn21. The first-order chi connectivity index (χ1) is 14.5. The summed E-state index contributed by atoms with van der Waals surface area (Å²) in [5.41, 5.74) is 5.89. The number of nitrogens with zero attached hydrogens (tertiary/aromatic N) is 2. The third-order valence-corrected chi connectivity index (χ3v) is 5.55. The van der Waals surface area contributed by atoms with E-state index >= 15 is 0 Å².